The van der Waals surface area contributed by atoms with E-state index in [1.165, 1.54) is 36.0 Å². The number of benzene rings is 2. The number of thiazole rings is 1. The molecule has 0 radical (unpaired) electrons. The molecule has 3 atom stereocenters. The Hall–Kier alpha value is -2.91. The molecule has 2 aliphatic rings. The van der Waals surface area contributed by atoms with E-state index < -0.39 is 22.9 Å². The third-order valence-electron chi connectivity index (χ3n) is 6.29. The monoisotopic (exact) mass is 483 g/mol. The molecule has 1 aromatic heterocycles. The summed E-state index contributed by atoms with van der Waals surface area (Å²) in [5.41, 5.74) is 2.32. The number of hydrogen-bond acceptors (Lipinski definition) is 6. The fourth-order valence-electron chi connectivity index (χ4n) is 4.70. The zero-order chi connectivity index (χ0) is 23.3. The highest BCUT2D eigenvalue weighted by atomic mass is 32.2. The Bertz CT molecular complexity index is 1270. The summed E-state index contributed by atoms with van der Waals surface area (Å²) in [5.74, 6) is -2.17. The molecule has 3 heterocycles. The standard InChI is InChI=1S/C24H22FN3O3S2/c1-3-27(4-2)15-9-5-13(6-10-15)17-18-20(32-21-19(17)33-24(31)26-21)23(30)28(22(18)29)16-11-7-14(25)8-12-16/h5-12,17-18,20H,3-4H2,1-2H3,(H,26,31). The summed E-state index contributed by atoms with van der Waals surface area (Å²) in [6.45, 7) is 5.95. The van der Waals surface area contributed by atoms with Crippen LogP contribution in [0.3, 0.4) is 0 Å². The van der Waals surface area contributed by atoms with Gasteiger partial charge in [0.15, 0.2) is 0 Å². The van der Waals surface area contributed by atoms with Crippen molar-refractivity contribution >= 4 is 46.3 Å². The van der Waals surface area contributed by atoms with Gasteiger partial charge in [-0.25, -0.2) is 9.29 Å². The number of rotatable bonds is 5. The number of aromatic amines is 1. The van der Waals surface area contributed by atoms with Crippen molar-refractivity contribution in [2.45, 2.75) is 30.0 Å². The van der Waals surface area contributed by atoms with Crippen molar-refractivity contribution in [3.63, 3.8) is 0 Å². The normalized spacial score (nSPS) is 21.8. The number of nitrogens with zero attached hydrogens (tertiary/aromatic N) is 2. The van der Waals surface area contributed by atoms with E-state index in [9.17, 15) is 18.8 Å². The second-order valence-electron chi connectivity index (χ2n) is 8.00. The van der Waals surface area contributed by atoms with Gasteiger partial charge in [-0.05, 0) is 55.8 Å². The van der Waals surface area contributed by atoms with Gasteiger partial charge in [0.05, 0.1) is 16.6 Å². The lowest BCUT2D eigenvalue weighted by Gasteiger charge is -2.30. The Balaban J connectivity index is 1.59. The number of halogens is 1. The fourth-order valence-corrected chi connectivity index (χ4v) is 7.22. The number of H-pyrrole nitrogens is 1. The van der Waals surface area contributed by atoms with Crippen LogP contribution in [0.4, 0.5) is 15.8 Å². The zero-order valence-electron chi connectivity index (χ0n) is 18.1. The first-order valence-electron chi connectivity index (χ1n) is 10.8. The molecule has 2 aliphatic heterocycles. The first kappa shape index (κ1) is 21.9. The summed E-state index contributed by atoms with van der Waals surface area (Å²) in [7, 11) is 0. The predicted octanol–water partition coefficient (Wildman–Crippen LogP) is 4.22. The van der Waals surface area contributed by atoms with E-state index in [2.05, 4.69) is 23.7 Å². The minimum Gasteiger partial charge on any atom is -0.372 e. The Kier molecular flexibility index (Phi) is 5.62. The van der Waals surface area contributed by atoms with Gasteiger partial charge in [0.2, 0.25) is 11.8 Å². The Morgan fingerprint density at radius 3 is 2.27 bits per heavy atom. The average molecular weight is 484 g/mol. The lowest BCUT2D eigenvalue weighted by molar-refractivity contribution is -0.122. The molecule has 2 aromatic carbocycles. The van der Waals surface area contributed by atoms with E-state index >= 15 is 0 Å². The molecule has 0 saturated carbocycles. The van der Waals surface area contributed by atoms with E-state index in [0.717, 1.165) is 45.5 Å². The number of carbonyl (C=O) groups is 2. The number of fused-ring (bicyclic) bond motifs is 2. The van der Waals surface area contributed by atoms with Crippen molar-refractivity contribution in [2.75, 3.05) is 22.9 Å². The second kappa shape index (κ2) is 8.46. The molecule has 0 aliphatic carbocycles. The van der Waals surface area contributed by atoms with Crippen LogP contribution in [0.15, 0.2) is 58.4 Å². The van der Waals surface area contributed by atoms with Gasteiger partial charge >= 0.3 is 4.87 Å². The molecule has 3 aromatic rings. The molecule has 9 heteroatoms. The van der Waals surface area contributed by atoms with E-state index in [4.69, 9.17) is 0 Å². The van der Waals surface area contributed by atoms with Crippen LogP contribution in [0, 0.1) is 11.7 Å². The summed E-state index contributed by atoms with van der Waals surface area (Å²) < 4.78 is 13.4. The minimum absolute atomic E-state index is 0.201. The van der Waals surface area contributed by atoms with Gasteiger partial charge < -0.3 is 9.88 Å². The van der Waals surface area contributed by atoms with E-state index in [0.29, 0.717) is 10.7 Å². The largest absolute Gasteiger partial charge is 0.372 e. The number of thioether (sulfide) groups is 1. The van der Waals surface area contributed by atoms with Crippen LogP contribution < -0.4 is 14.7 Å². The molecular weight excluding hydrogens is 461 g/mol. The number of anilines is 2. The van der Waals surface area contributed by atoms with Crippen molar-refractivity contribution in [1.82, 2.24) is 4.98 Å². The van der Waals surface area contributed by atoms with Gasteiger partial charge in [0.25, 0.3) is 0 Å². The van der Waals surface area contributed by atoms with Crippen molar-refractivity contribution in [2.24, 2.45) is 5.92 Å². The van der Waals surface area contributed by atoms with E-state index in [1.54, 1.807) is 0 Å². The van der Waals surface area contributed by atoms with Gasteiger partial charge in [-0.3, -0.25) is 14.4 Å². The molecule has 1 N–H and O–H groups in total. The molecule has 170 valence electrons. The third kappa shape index (κ3) is 3.59. The highest BCUT2D eigenvalue weighted by Crippen LogP contribution is 2.53. The highest BCUT2D eigenvalue weighted by Gasteiger charge is 2.56. The molecule has 0 spiro atoms. The van der Waals surface area contributed by atoms with E-state index in [-0.39, 0.29) is 16.7 Å². The van der Waals surface area contributed by atoms with Crippen LogP contribution in [0.5, 0.6) is 0 Å². The Labute approximate surface area is 198 Å². The molecule has 33 heavy (non-hydrogen) atoms. The van der Waals surface area contributed by atoms with Crippen molar-refractivity contribution in [1.29, 1.82) is 0 Å². The molecule has 5 rings (SSSR count). The van der Waals surface area contributed by atoms with Gasteiger partial charge in [0, 0.05) is 29.6 Å². The summed E-state index contributed by atoms with van der Waals surface area (Å²) >= 11 is 2.33. The van der Waals surface area contributed by atoms with Gasteiger partial charge in [0.1, 0.15) is 11.1 Å². The summed E-state index contributed by atoms with van der Waals surface area (Å²) in [4.78, 5) is 45.9. The smallest absolute Gasteiger partial charge is 0.305 e. The minimum atomic E-state index is -0.659. The van der Waals surface area contributed by atoms with Crippen molar-refractivity contribution in [3.05, 3.63) is 74.5 Å². The zero-order valence-corrected chi connectivity index (χ0v) is 19.7. The van der Waals surface area contributed by atoms with Crippen molar-refractivity contribution < 1.29 is 14.0 Å². The first-order valence-corrected chi connectivity index (χ1v) is 12.5. The quantitative estimate of drug-likeness (QED) is 0.550. The van der Waals surface area contributed by atoms with Crippen LogP contribution >= 0.6 is 23.1 Å². The first-order chi connectivity index (χ1) is 15.9. The maximum atomic E-state index is 13.6. The van der Waals surface area contributed by atoms with Gasteiger partial charge in [-0.15, -0.1) is 0 Å². The number of hydrogen-bond donors (Lipinski definition) is 1. The Morgan fingerprint density at radius 1 is 0.970 bits per heavy atom. The number of carbonyl (C=O) groups excluding carboxylic acids is 2. The summed E-state index contributed by atoms with van der Waals surface area (Å²) in [6.07, 6.45) is 0. The van der Waals surface area contributed by atoms with Crippen LogP contribution in [0.2, 0.25) is 0 Å². The summed E-state index contributed by atoms with van der Waals surface area (Å²) in [5, 5.41) is -0.0149. The lowest BCUT2D eigenvalue weighted by Crippen LogP contribution is -2.32. The predicted molar refractivity (Wildman–Crippen MR) is 129 cm³/mol. The summed E-state index contributed by atoms with van der Waals surface area (Å²) in [6, 6.07) is 13.4. The fraction of sp³-hybridized carbons (Fsp3) is 0.292. The Morgan fingerprint density at radius 2 is 1.64 bits per heavy atom. The number of imide groups is 1. The maximum Gasteiger partial charge on any atom is 0.305 e. The SMILES string of the molecule is CCN(CC)c1ccc(C2c3sc(=O)[nH]c3SC3C(=O)N(c4ccc(F)cc4)C(=O)C32)cc1. The lowest BCUT2D eigenvalue weighted by atomic mass is 9.83. The maximum absolute atomic E-state index is 13.6. The molecule has 0 bridgehead atoms. The molecule has 6 nitrogen and oxygen atoms in total. The third-order valence-corrected chi connectivity index (χ3v) is 8.69. The second-order valence-corrected chi connectivity index (χ2v) is 10.2. The average Bonchev–Trinajstić information content (AvgIpc) is 3.30. The van der Waals surface area contributed by atoms with Crippen LogP contribution in [-0.4, -0.2) is 35.1 Å². The van der Waals surface area contributed by atoms with Gasteiger partial charge in [-0.1, -0.05) is 35.2 Å². The number of aromatic nitrogens is 1. The molecule has 2 amide bonds. The highest BCUT2D eigenvalue weighted by molar-refractivity contribution is 8.00. The number of nitrogens with one attached hydrogen (secondary N) is 1. The van der Waals surface area contributed by atoms with Crippen molar-refractivity contribution in [3.8, 4) is 0 Å². The van der Waals surface area contributed by atoms with Crippen LogP contribution in [0.25, 0.3) is 0 Å². The molecule has 1 fully saturated rings. The topological polar surface area (TPSA) is 73.5 Å². The number of amides is 2. The molecular formula is C24H22FN3O3S2. The van der Waals surface area contributed by atoms with Crippen LogP contribution in [0.1, 0.15) is 30.2 Å². The molecule has 3 unspecified atom stereocenters. The van der Waals surface area contributed by atoms with E-state index in [1.807, 2.05) is 24.3 Å². The van der Waals surface area contributed by atoms with Gasteiger partial charge in [-0.2, -0.15) is 0 Å². The van der Waals surface area contributed by atoms with Crippen LogP contribution in [-0.2, 0) is 9.59 Å². The molecule has 1 saturated heterocycles.